The Morgan fingerprint density at radius 1 is 1.18 bits per heavy atom. The fraction of sp³-hybridized carbons (Fsp3) is 0. The monoisotopic (exact) mass is 310 g/mol. The third kappa shape index (κ3) is 1.75. The molecule has 3 rings (SSSR count). The van der Waals surface area contributed by atoms with E-state index in [0.29, 0.717) is 10.4 Å². The summed E-state index contributed by atoms with van der Waals surface area (Å²) in [4.78, 5) is 16.2. The van der Waals surface area contributed by atoms with Gasteiger partial charge in [-0.25, -0.2) is 0 Å². The summed E-state index contributed by atoms with van der Waals surface area (Å²) < 4.78 is 2.73. The summed E-state index contributed by atoms with van der Waals surface area (Å²) in [6.07, 6.45) is 3.37. The topological polar surface area (TPSA) is 34.9 Å². The van der Waals surface area contributed by atoms with Crippen LogP contribution < -0.4 is 5.56 Å². The average molecular weight is 310 g/mol. The molecule has 0 atom stereocenters. The number of hydrogen-bond donors (Lipinski definition) is 0. The van der Waals surface area contributed by atoms with Gasteiger partial charge in [0.1, 0.15) is 0 Å². The van der Waals surface area contributed by atoms with Crippen LogP contribution in [0.5, 0.6) is 0 Å². The Bertz CT molecular complexity index is 733. The van der Waals surface area contributed by atoms with Crippen molar-refractivity contribution in [1.29, 1.82) is 0 Å². The molecule has 0 N–H and O–H groups in total. The van der Waals surface area contributed by atoms with E-state index in [4.69, 9.17) is 11.6 Å². The van der Waals surface area contributed by atoms with Crippen molar-refractivity contribution in [3.8, 4) is 5.69 Å². The molecule has 1 aromatic carbocycles. The molecule has 0 amide bonds. The Hall–Kier alpha value is -1.35. The van der Waals surface area contributed by atoms with Crippen LogP contribution in [0.15, 0.2) is 47.5 Å². The van der Waals surface area contributed by atoms with Gasteiger partial charge in [-0.1, -0.05) is 0 Å². The van der Waals surface area contributed by atoms with Gasteiger partial charge in [0.05, 0.1) is 0 Å². The van der Waals surface area contributed by atoms with Crippen LogP contribution in [0.4, 0.5) is 0 Å². The number of benzene rings is 1. The van der Waals surface area contributed by atoms with E-state index in [0.717, 1.165) is 9.95 Å². The van der Waals surface area contributed by atoms with Gasteiger partial charge in [0, 0.05) is 0 Å². The Kier molecular flexibility index (Phi) is 2.63. The molecule has 0 saturated carbocycles. The molecule has 0 aliphatic heterocycles. The summed E-state index contributed by atoms with van der Waals surface area (Å²) in [5, 5.41) is 1.39. The fourth-order valence-electron chi connectivity index (χ4n) is 1.66. The molecule has 5 heteroatoms. The number of hydrogen-bond acceptors (Lipinski definition) is 2. The normalized spacial score (nSPS) is 10.9. The Balaban J connectivity index is 2.37. The van der Waals surface area contributed by atoms with Gasteiger partial charge in [-0.05, 0) is 0 Å². The molecule has 0 radical (unpaired) electrons. The quantitative estimate of drug-likeness (QED) is 0.645. The van der Waals surface area contributed by atoms with Crippen LogP contribution in [0.2, 0.25) is 5.02 Å². The Morgan fingerprint density at radius 3 is 2.65 bits per heavy atom. The van der Waals surface area contributed by atoms with Gasteiger partial charge in [0.25, 0.3) is 0 Å². The van der Waals surface area contributed by atoms with E-state index < -0.39 is 0 Å². The van der Waals surface area contributed by atoms with E-state index in [1.807, 2.05) is 30.3 Å². The molecule has 0 saturated heterocycles. The van der Waals surface area contributed by atoms with Gasteiger partial charge in [0.2, 0.25) is 0 Å². The molecule has 2 heterocycles. The van der Waals surface area contributed by atoms with E-state index in [9.17, 15) is 4.79 Å². The van der Waals surface area contributed by atoms with E-state index in [-0.39, 0.29) is 20.3 Å². The van der Waals surface area contributed by atoms with Gasteiger partial charge in [-0.3, -0.25) is 0 Å². The molecule has 0 spiro atoms. The first kappa shape index (κ1) is 10.8. The Labute approximate surface area is 108 Å². The molecule has 3 aromatic rings. The number of pyridine rings is 1. The van der Waals surface area contributed by atoms with Crippen molar-refractivity contribution in [2.75, 3.05) is 0 Å². The van der Waals surface area contributed by atoms with E-state index in [2.05, 4.69) is 4.98 Å². The van der Waals surface area contributed by atoms with Crippen LogP contribution in [0, 0.1) is 0 Å². The zero-order chi connectivity index (χ0) is 11.8. The standard InChI is InChI=1S/C12H7ClN2OSe/c13-10-3-1-2-9-11(10)17-15(12(9)16)8-4-6-14-7-5-8/h1-7H. The first-order valence-corrected chi connectivity index (χ1v) is 6.98. The zero-order valence-corrected chi connectivity index (χ0v) is 11.1. The minimum absolute atomic E-state index is 0.0219. The summed E-state index contributed by atoms with van der Waals surface area (Å²) in [5.41, 5.74) is 0.894. The second kappa shape index (κ2) is 4.15. The van der Waals surface area contributed by atoms with Crippen LogP contribution >= 0.6 is 11.6 Å². The summed E-state index contributed by atoms with van der Waals surface area (Å²) in [5.74, 6) is 0. The van der Waals surface area contributed by atoms with Crippen molar-refractivity contribution in [3.05, 3.63) is 58.1 Å². The molecule has 0 unspecified atom stereocenters. The number of nitrogens with zero attached hydrogens (tertiary/aromatic N) is 2. The fourth-order valence-corrected chi connectivity index (χ4v) is 4.11. The van der Waals surface area contributed by atoms with Gasteiger partial charge in [-0.15, -0.1) is 0 Å². The summed E-state index contributed by atoms with van der Waals surface area (Å²) >= 11 is 6.02. The molecule has 17 heavy (non-hydrogen) atoms. The molecule has 0 bridgehead atoms. The van der Waals surface area contributed by atoms with Gasteiger partial charge in [-0.2, -0.15) is 0 Å². The van der Waals surface area contributed by atoms with E-state index in [1.54, 1.807) is 16.0 Å². The van der Waals surface area contributed by atoms with Crippen molar-refractivity contribution in [1.82, 2.24) is 8.55 Å². The molecule has 3 nitrogen and oxygen atoms in total. The summed E-state index contributed by atoms with van der Waals surface area (Å²) in [7, 11) is 0. The summed E-state index contributed by atoms with van der Waals surface area (Å²) in [6.45, 7) is 0. The van der Waals surface area contributed by atoms with Crippen molar-refractivity contribution in [2.24, 2.45) is 0 Å². The van der Waals surface area contributed by atoms with Crippen LogP contribution in [-0.2, 0) is 0 Å². The molecule has 0 aliphatic carbocycles. The summed E-state index contributed by atoms with van der Waals surface area (Å²) in [6, 6.07) is 9.13. The number of rotatable bonds is 1. The Morgan fingerprint density at radius 2 is 1.94 bits per heavy atom. The van der Waals surface area contributed by atoms with Gasteiger partial charge >= 0.3 is 108 Å². The van der Waals surface area contributed by atoms with Gasteiger partial charge < -0.3 is 0 Å². The molecular weight excluding hydrogens is 303 g/mol. The first-order valence-electron chi connectivity index (χ1n) is 4.98. The predicted octanol–water partition coefficient (Wildman–Crippen LogP) is 2.10. The van der Waals surface area contributed by atoms with Crippen molar-refractivity contribution < 1.29 is 0 Å². The molecular formula is C12H7ClN2OSe. The number of halogens is 1. The maximum atomic E-state index is 12.2. The minimum atomic E-state index is -0.0912. The number of fused-ring (bicyclic) bond motifs is 1. The average Bonchev–Trinajstić information content (AvgIpc) is 2.70. The van der Waals surface area contributed by atoms with Crippen molar-refractivity contribution >= 4 is 36.0 Å². The third-order valence-electron chi connectivity index (χ3n) is 2.46. The second-order valence-electron chi connectivity index (χ2n) is 3.51. The first-order chi connectivity index (χ1) is 8.27. The third-order valence-corrected chi connectivity index (χ3v) is 5.51. The molecule has 0 fully saturated rings. The SMILES string of the molecule is O=c1c2cccc(Cl)c2[se]n1-c1ccncc1. The van der Waals surface area contributed by atoms with Crippen LogP contribution in [0.25, 0.3) is 15.3 Å². The van der Waals surface area contributed by atoms with E-state index >= 15 is 0 Å². The maximum absolute atomic E-state index is 12.2. The van der Waals surface area contributed by atoms with Crippen molar-refractivity contribution in [3.63, 3.8) is 0 Å². The zero-order valence-electron chi connectivity index (χ0n) is 8.63. The molecule has 0 aliphatic rings. The van der Waals surface area contributed by atoms with Crippen LogP contribution in [0.3, 0.4) is 0 Å². The van der Waals surface area contributed by atoms with E-state index in [1.165, 1.54) is 0 Å². The number of aromatic nitrogens is 2. The van der Waals surface area contributed by atoms with Crippen LogP contribution in [0.1, 0.15) is 0 Å². The molecule has 84 valence electrons. The van der Waals surface area contributed by atoms with Gasteiger partial charge in [0.15, 0.2) is 0 Å². The molecule has 2 aromatic heterocycles. The van der Waals surface area contributed by atoms with Crippen molar-refractivity contribution in [2.45, 2.75) is 0 Å². The van der Waals surface area contributed by atoms with Crippen LogP contribution in [-0.4, -0.2) is 23.3 Å². The second-order valence-corrected chi connectivity index (χ2v) is 5.93. The predicted molar refractivity (Wildman–Crippen MR) is 69.3 cm³/mol.